The van der Waals surface area contributed by atoms with E-state index in [0.717, 1.165) is 35.1 Å². The van der Waals surface area contributed by atoms with Gasteiger partial charge >= 0.3 is 12.1 Å². The Bertz CT molecular complexity index is 2060. The van der Waals surface area contributed by atoms with Crippen molar-refractivity contribution in [3.8, 4) is 11.1 Å². The molecule has 7 rings (SSSR count). The monoisotopic (exact) mass is 737 g/mol. The molecular formula is C48H48ClNO4. The first-order chi connectivity index (χ1) is 26.4. The lowest BCUT2D eigenvalue weighted by molar-refractivity contribution is -0.154. The van der Waals surface area contributed by atoms with E-state index in [4.69, 9.17) is 21.1 Å². The number of ether oxygens (including phenoxy) is 2. The molecule has 1 amide bonds. The summed E-state index contributed by atoms with van der Waals surface area (Å²) in [4.78, 5) is 29.2. The van der Waals surface area contributed by atoms with E-state index >= 15 is 0 Å². The van der Waals surface area contributed by atoms with Gasteiger partial charge in [0.1, 0.15) is 6.61 Å². The molecule has 0 N–H and O–H groups in total. The van der Waals surface area contributed by atoms with Crippen molar-refractivity contribution in [2.45, 2.75) is 75.9 Å². The van der Waals surface area contributed by atoms with Gasteiger partial charge in [0.05, 0.1) is 6.42 Å². The molecule has 0 radical (unpaired) electrons. The summed E-state index contributed by atoms with van der Waals surface area (Å²) in [5, 5.41) is 0.487. The lowest BCUT2D eigenvalue weighted by atomic mass is 9.79. The second-order valence-corrected chi connectivity index (χ2v) is 15.0. The summed E-state index contributed by atoms with van der Waals surface area (Å²) in [6.07, 6.45) is 10.2. The van der Waals surface area contributed by atoms with E-state index < -0.39 is 23.7 Å². The van der Waals surface area contributed by atoms with Crippen molar-refractivity contribution in [3.05, 3.63) is 172 Å². The van der Waals surface area contributed by atoms with Crippen molar-refractivity contribution in [2.24, 2.45) is 0 Å². The third kappa shape index (κ3) is 7.74. The minimum atomic E-state index is -1.34. The second kappa shape index (κ2) is 16.9. The van der Waals surface area contributed by atoms with Crippen LogP contribution in [0.5, 0.6) is 0 Å². The van der Waals surface area contributed by atoms with Crippen LogP contribution in [-0.4, -0.2) is 36.7 Å². The van der Waals surface area contributed by atoms with Gasteiger partial charge in [-0.1, -0.05) is 158 Å². The zero-order valence-electron chi connectivity index (χ0n) is 31.2. The van der Waals surface area contributed by atoms with Gasteiger partial charge in [-0.05, 0) is 72.1 Å². The lowest BCUT2D eigenvalue weighted by Crippen LogP contribution is -2.40. The summed E-state index contributed by atoms with van der Waals surface area (Å²) >= 11 is 6.97. The molecule has 0 heterocycles. The second-order valence-electron chi connectivity index (χ2n) is 14.6. The van der Waals surface area contributed by atoms with Crippen molar-refractivity contribution in [1.29, 1.82) is 0 Å². The summed E-state index contributed by atoms with van der Waals surface area (Å²) in [6.45, 7) is 2.03. The molecule has 0 aromatic heterocycles. The number of fused-ring (bicyclic) bond motifs is 3. The Balaban J connectivity index is 1.13. The summed E-state index contributed by atoms with van der Waals surface area (Å²) in [5.41, 5.74) is 8.07. The van der Waals surface area contributed by atoms with Crippen molar-refractivity contribution in [1.82, 2.24) is 4.90 Å². The average molecular weight is 738 g/mol. The summed E-state index contributed by atoms with van der Waals surface area (Å²) in [7, 11) is 1.67. The molecule has 276 valence electrons. The summed E-state index contributed by atoms with van der Waals surface area (Å²) in [6, 6.07) is 41.7. The molecule has 0 saturated carbocycles. The van der Waals surface area contributed by atoms with E-state index in [0.29, 0.717) is 10.6 Å². The topological polar surface area (TPSA) is 55.8 Å². The predicted molar refractivity (Wildman–Crippen MR) is 218 cm³/mol. The van der Waals surface area contributed by atoms with Crippen molar-refractivity contribution in [2.75, 3.05) is 13.7 Å². The maximum absolute atomic E-state index is 14.2. The smallest absolute Gasteiger partial charge is 0.409 e. The lowest BCUT2D eigenvalue weighted by Gasteiger charge is -2.36. The minimum Gasteiger partial charge on any atom is -0.448 e. The first-order valence-corrected chi connectivity index (χ1v) is 19.6. The molecule has 0 spiro atoms. The Hall–Kier alpha value is -5.13. The van der Waals surface area contributed by atoms with Crippen LogP contribution in [0.1, 0.15) is 97.6 Å². The highest BCUT2D eigenvalue weighted by Gasteiger charge is 2.42. The van der Waals surface area contributed by atoms with Gasteiger partial charge in [0.15, 0.2) is 5.60 Å². The number of hydrogen-bond acceptors (Lipinski definition) is 4. The van der Waals surface area contributed by atoms with E-state index in [1.54, 1.807) is 7.05 Å². The minimum absolute atomic E-state index is 0.0509. The first kappa shape index (κ1) is 37.2. The zero-order chi connectivity index (χ0) is 37.5. The Morgan fingerprint density at radius 3 is 2.04 bits per heavy atom. The molecule has 0 fully saturated rings. The number of nitrogens with zero attached hydrogens (tertiary/aromatic N) is 1. The number of carbonyl (C=O) groups excluding carboxylic acids is 2. The fourth-order valence-corrected chi connectivity index (χ4v) is 8.35. The highest BCUT2D eigenvalue weighted by atomic mass is 35.5. The molecule has 0 bridgehead atoms. The summed E-state index contributed by atoms with van der Waals surface area (Å²) < 4.78 is 12.6. The van der Waals surface area contributed by atoms with Crippen LogP contribution in [-0.2, 0) is 19.9 Å². The van der Waals surface area contributed by atoms with Gasteiger partial charge in [0.25, 0.3) is 0 Å². The highest BCUT2D eigenvalue weighted by molar-refractivity contribution is 6.31. The van der Waals surface area contributed by atoms with E-state index in [-0.39, 0.29) is 18.9 Å². The van der Waals surface area contributed by atoms with Gasteiger partial charge in [-0.25, -0.2) is 4.79 Å². The molecular weight excluding hydrogens is 690 g/mol. The molecule has 5 nitrogen and oxygen atoms in total. The summed E-state index contributed by atoms with van der Waals surface area (Å²) in [5.74, 6) is -0.524. The van der Waals surface area contributed by atoms with Crippen LogP contribution in [0.3, 0.4) is 0 Å². The van der Waals surface area contributed by atoms with E-state index in [2.05, 4.69) is 54.6 Å². The van der Waals surface area contributed by atoms with Crippen molar-refractivity contribution in [3.63, 3.8) is 0 Å². The Labute approximate surface area is 324 Å². The zero-order valence-corrected chi connectivity index (χ0v) is 31.9. The van der Waals surface area contributed by atoms with Crippen molar-refractivity contribution < 1.29 is 19.1 Å². The van der Waals surface area contributed by atoms with Crippen LogP contribution < -0.4 is 0 Å². The highest BCUT2D eigenvalue weighted by Crippen LogP contribution is 2.46. The van der Waals surface area contributed by atoms with Crippen LogP contribution in [0.25, 0.3) is 16.7 Å². The SMILES string of the molecule is C[C@H](CC(=O)OC(c1ccccc1)(c1ccc(/C2=C/CCCCCCC2)cc1)c1ccccc1Cl)N(C)C(=O)OCC1c2ccccc2-c2ccccc21. The predicted octanol–water partition coefficient (Wildman–Crippen LogP) is 12.0. The number of carbonyl (C=O) groups is 2. The molecule has 2 atom stereocenters. The van der Waals surface area contributed by atoms with Crippen LogP contribution in [0.4, 0.5) is 4.79 Å². The van der Waals surface area contributed by atoms with E-state index in [9.17, 15) is 9.59 Å². The molecule has 2 aliphatic carbocycles. The number of halogens is 1. The largest absolute Gasteiger partial charge is 0.448 e. The number of benzene rings is 5. The number of rotatable bonds is 10. The van der Waals surface area contributed by atoms with Crippen LogP contribution >= 0.6 is 11.6 Å². The van der Waals surface area contributed by atoms with Crippen LogP contribution in [0, 0.1) is 0 Å². The quantitative estimate of drug-likeness (QED) is 0.106. The third-order valence-electron chi connectivity index (χ3n) is 11.2. The molecule has 54 heavy (non-hydrogen) atoms. The van der Waals surface area contributed by atoms with Gasteiger partial charge in [-0.3, -0.25) is 4.79 Å². The third-order valence-corrected chi connectivity index (χ3v) is 11.5. The van der Waals surface area contributed by atoms with Crippen LogP contribution in [0.2, 0.25) is 5.02 Å². The van der Waals surface area contributed by atoms with Gasteiger partial charge in [-0.2, -0.15) is 0 Å². The molecule has 5 aromatic carbocycles. The van der Waals surface area contributed by atoms with Gasteiger partial charge in [0, 0.05) is 40.7 Å². The van der Waals surface area contributed by atoms with Crippen molar-refractivity contribution >= 4 is 29.2 Å². The Morgan fingerprint density at radius 1 is 0.741 bits per heavy atom. The maximum atomic E-state index is 14.2. The number of allylic oxidation sites excluding steroid dienone is 2. The average Bonchev–Trinajstić information content (AvgIpc) is 3.59. The molecule has 2 aliphatic rings. The Kier molecular flexibility index (Phi) is 11.6. The number of amides is 1. The van der Waals surface area contributed by atoms with Gasteiger partial charge in [-0.15, -0.1) is 0 Å². The first-order valence-electron chi connectivity index (χ1n) is 19.3. The fourth-order valence-electron chi connectivity index (χ4n) is 8.09. The standard InChI is InChI=1S/C48H48ClNO4/c1-34(50(2)47(52)53-33-43-41-24-14-12-22-39(41)40-23-13-15-25-42(40)43)32-46(51)54-48(37-20-10-7-11-21-37,44-26-16-17-27-45(44)49)38-30-28-36(29-31-38)35-18-8-5-3-4-6-9-19-35/h7,10-18,20-31,34,43H,3-6,8-9,19,32-33H2,1-2H3/b35-18+/t34-,48?/m1/s1. The van der Waals surface area contributed by atoms with E-state index in [1.807, 2.05) is 85.8 Å². The van der Waals surface area contributed by atoms with Gasteiger partial charge in [0.2, 0.25) is 0 Å². The molecule has 0 aliphatic heterocycles. The van der Waals surface area contributed by atoms with E-state index in [1.165, 1.54) is 59.3 Å². The Morgan fingerprint density at radius 2 is 1.33 bits per heavy atom. The molecule has 1 unspecified atom stereocenters. The number of hydrogen-bond donors (Lipinski definition) is 0. The molecule has 6 heteroatoms. The maximum Gasteiger partial charge on any atom is 0.409 e. The number of esters is 1. The fraction of sp³-hybridized carbons (Fsp3) is 0.292. The normalized spacial score (nSPS) is 16.9. The molecule has 0 saturated heterocycles. The van der Waals surface area contributed by atoms with Gasteiger partial charge < -0.3 is 14.4 Å². The molecule has 5 aromatic rings. The van der Waals surface area contributed by atoms with Crippen LogP contribution in [0.15, 0.2) is 133 Å².